The molecule has 3 aromatic carbocycles. The Morgan fingerprint density at radius 3 is 2.16 bits per heavy atom. The maximum Gasteiger partial charge on any atom is 0.335 e. The van der Waals surface area contributed by atoms with Crippen LogP contribution in [0, 0.1) is 6.92 Å². The lowest BCUT2D eigenvalue weighted by atomic mass is 9.72. The van der Waals surface area contributed by atoms with E-state index in [1.54, 1.807) is 12.1 Å². The first-order chi connectivity index (χ1) is 15.2. The first-order valence-electron chi connectivity index (χ1n) is 10.6. The van der Waals surface area contributed by atoms with E-state index in [-0.39, 0.29) is 17.0 Å². The molecule has 3 aromatic rings. The second-order valence-electron chi connectivity index (χ2n) is 8.79. The molecule has 3 N–H and O–H groups in total. The molecule has 0 unspecified atom stereocenters. The number of carbonyl (C=O) groups excluding carboxylic acids is 1. The van der Waals surface area contributed by atoms with Crippen LogP contribution in [0.2, 0.25) is 0 Å². The fourth-order valence-corrected chi connectivity index (χ4v) is 4.01. The van der Waals surface area contributed by atoms with Crippen molar-refractivity contribution in [3.63, 3.8) is 0 Å². The van der Waals surface area contributed by atoms with E-state index in [0.717, 1.165) is 17.5 Å². The summed E-state index contributed by atoms with van der Waals surface area (Å²) in [6.07, 6.45) is 3.23. The molecule has 5 heteroatoms. The van der Waals surface area contributed by atoms with E-state index in [1.807, 2.05) is 12.1 Å². The van der Waals surface area contributed by atoms with Crippen molar-refractivity contribution < 1.29 is 14.7 Å². The van der Waals surface area contributed by atoms with Crippen LogP contribution in [0.5, 0.6) is 0 Å². The average molecular weight is 427 g/mol. The Labute approximate surface area is 187 Å². The van der Waals surface area contributed by atoms with Gasteiger partial charge in [0, 0.05) is 11.4 Å². The van der Waals surface area contributed by atoms with Gasteiger partial charge >= 0.3 is 12.0 Å². The van der Waals surface area contributed by atoms with E-state index >= 15 is 0 Å². The molecule has 0 aromatic heterocycles. The number of anilines is 2. The molecule has 0 heterocycles. The lowest BCUT2D eigenvalue weighted by molar-refractivity contribution is 0.0697. The van der Waals surface area contributed by atoms with Crippen LogP contribution < -0.4 is 10.6 Å². The molecule has 0 fully saturated rings. The predicted octanol–water partition coefficient (Wildman–Crippen LogP) is 6.45. The highest BCUT2D eigenvalue weighted by Gasteiger charge is 2.28. The lowest BCUT2D eigenvalue weighted by Crippen LogP contribution is -2.23. The maximum absolute atomic E-state index is 12.5. The summed E-state index contributed by atoms with van der Waals surface area (Å²) in [5, 5.41) is 14.6. The number of urea groups is 1. The zero-order valence-electron chi connectivity index (χ0n) is 18.4. The van der Waals surface area contributed by atoms with Crippen molar-refractivity contribution >= 4 is 28.9 Å². The van der Waals surface area contributed by atoms with Crippen molar-refractivity contribution in [2.24, 2.45) is 0 Å². The zero-order chi connectivity index (χ0) is 22.9. The van der Waals surface area contributed by atoms with Gasteiger partial charge in [-0.2, -0.15) is 0 Å². The van der Waals surface area contributed by atoms with Crippen molar-refractivity contribution in [1.29, 1.82) is 0 Å². The first kappa shape index (κ1) is 21.4. The molecule has 0 radical (unpaired) electrons. The number of carbonyl (C=O) groups is 2. The van der Waals surface area contributed by atoms with Gasteiger partial charge in [-0.1, -0.05) is 55.8 Å². The molecule has 5 nitrogen and oxygen atoms in total. The summed E-state index contributed by atoms with van der Waals surface area (Å²) in [7, 11) is 0. The minimum absolute atomic E-state index is 0.0101. The van der Waals surface area contributed by atoms with Crippen molar-refractivity contribution in [3.8, 4) is 0 Å². The number of hydrogen-bond donors (Lipinski definition) is 3. The Balaban J connectivity index is 1.58. The van der Waals surface area contributed by atoms with Gasteiger partial charge in [0.25, 0.3) is 0 Å². The number of nitrogens with one attached hydrogen (secondary N) is 2. The van der Waals surface area contributed by atoms with Gasteiger partial charge in [-0.05, 0) is 77.4 Å². The molecule has 4 rings (SSSR count). The monoisotopic (exact) mass is 426 g/mol. The number of aromatic carboxylic acids is 1. The van der Waals surface area contributed by atoms with Gasteiger partial charge in [-0.3, -0.25) is 0 Å². The van der Waals surface area contributed by atoms with Crippen molar-refractivity contribution in [1.82, 2.24) is 0 Å². The molecule has 162 valence electrons. The number of amides is 2. The third-order valence-electron chi connectivity index (χ3n) is 5.87. The Morgan fingerprint density at radius 1 is 0.875 bits per heavy atom. The molecule has 0 atom stereocenters. The van der Waals surface area contributed by atoms with Crippen molar-refractivity contribution in [2.45, 2.75) is 32.6 Å². The minimum Gasteiger partial charge on any atom is -0.478 e. The Morgan fingerprint density at radius 2 is 1.50 bits per heavy atom. The average Bonchev–Trinajstić information content (AvgIpc) is 2.75. The van der Waals surface area contributed by atoms with Crippen LogP contribution in [0.4, 0.5) is 16.2 Å². The molecule has 32 heavy (non-hydrogen) atoms. The Kier molecular flexibility index (Phi) is 5.57. The molecule has 0 bridgehead atoms. The SMILES string of the molecule is Cc1ccc(C2=CCC(C)(C)c3ccc(NC(=O)Nc4ccc(C(=O)O)cc4)cc32)cc1. The molecule has 0 saturated heterocycles. The van der Waals surface area contributed by atoms with E-state index in [1.165, 1.54) is 28.8 Å². The van der Waals surface area contributed by atoms with E-state index in [2.05, 4.69) is 67.8 Å². The fourth-order valence-electron chi connectivity index (χ4n) is 4.01. The zero-order valence-corrected chi connectivity index (χ0v) is 18.4. The quantitative estimate of drug-likeness (QED) is 0.448. The highest BCUT2D eigenvalue weighted by molar-refractivity contribution is 6.00. The first-order valence-corrected chi connectivity index (χ1v) is 10.6. The van der Waals surface area contributed by atoms with Crippen molar-refractivity contribution in [2.75, 3.05) is 10.6 Å². The highest BCUT2D eigenvalue weighted by atomic mass is 16.4. The van der Waals surface area contributed by atoms with Crippen LogP contribution in [-0.2, 0) is 5.41 Å². The number of allylic oxidation sites excluding steroid dienone is 1. The van der Waals surface area contributed by atoms with Gasteiger partial charge in [0.2, 0.25) is 0 Å². The maximum atomic E-state index is 12.5. The summed E-state index contributed by atoms with van der Waals surface area (Å²) < 4.78 is 0. The summed E-state index contributed by atoms with van der Waals surface area (Å²) in [6, 6.07) is 20.2. The van der Waals surface area contributed by atoms with Gasteiger partial charge in [0.1, 0.15) is 0 Å². The van der Waals surface area contributed by atoms with E-state index < -0.39 is 5.97 Å². The van der Waals surface area contributed by atoms with Crippen LogP contribution in [0.1, 0.15) is 52.9 Å². The number of aryl methyl sites for hydroxylation is 1. The highest BCUT2D eigenvalue weighted by Crippen LogP contribution is 2.42. The smallest absolute Gasteiger partial charge is 0.335 e. The van der Waals surface area contributed by atoms with Gasteiger partial charge in [-0.25, -0.2) is 9.59 Å². The summed E-state index contributed by atoms with van der Waals surface area (Å²) >= 11 is 0. The number of rotatable bonds is 4. The largest absolute Gasteiger partial charge is 0.478 e. The minimum atomic E-state index is -1.00. The van der Waals surface area contributed by atoms with E-state index in [0.29, 0.717) is 11.4 Å². The van der Waals surface area contributed by atoms with Gasteiger partial charge in [0.15, 0.2) is 0 Å². The number of carboxylic acid groups (broad SMARTS) is 1. The Hall–Kier alpha value is -3.86. The summed E-state index contributed by atoms with van der Waals surface area (Å²) in [5.41, 5.74) is 7.32. The normalized spacial score (nSPS) is 14.2. The lowest BCUT2D eigenvalue weighted by Gasteiger charge is -2.32. The third kappa shape index (κ3) is 4.42. The van der Waals surface area contributed by atoms with Crippen LogP contribution in [0.15, 0.2) is 72.8 Å². The molecule has 0 aliphatic heterocycles. The molecular weight excluding hydrogens is 400 g/mol. The topological polar surface area (TPSA) is 78.4 Å². The summed E-state index contributed by atoms with van der Waals surface area (Å²) in [6.45, 7) is 6.54. The van der Waals surface area contributed by atoms with Crippen molar-refractivity contribution in [3.05, 3.63) is 101 Å². The van der Waals surface area contributed by atoms with Crippen LogP contribution >= 0.6 is 0 Å². The summed E-state index contributed by atoms with van der Waals surface area (Å²) in [5.74, 6) is -1.00. The molecule has 0 spiro atoms. The van der Waals surface area contributed by atoms with Crippen LogP contribution in [-0.4, -0.2) is 17.1 Å². The Bertz CT molecular complexity index is 1210. The second kappa shape index (κ2) is 8.35. The van der Waals surface area contributed by atoms with Crippen LogP contribution in [0.25, 0.3) is 5.57 Å². The standard InChI is InChI=1S/C27H26N2O3/c1-17-4-6-18(7-5-17)22-14-15-27(2,3)24-13-12-21(16-23(22)24)29-26(32)28-20-10-8-19(9-11-20)25(30)31/h4-14,16H,15H2,1-3H3,(H,30,31)(H2,28,29,32). The number of hydrogen-bond acceptors (Lipinski definition) is 2. The number of carboxylic acids is 1. The van der Waals surface area contributed by atoms with Gasteiger partial charge in [-0.15, -0.1) is 0 Å². The summed E-state index contributed by atoms with van der Waals surface area (Å²) in [4.78, 5) is 23.5. The third-order valence-corrected chi connectivity index (χ3v) is 5.87. The molecule has 1 aliphatic rings. The number of benzene rings is 3. The molecule has 2 amide bonds. The molecule has 1 aliphatic carbocycles. The van der Waals surface area contributed by atoms with Gasteiger partial charge < -0.3 is 15.7 Å². The van der Waals surface area contributed by atoms with E-state index in [9.17, 15) is 9.59 Å². The van der Waals surface area contributed by atoms with Crippen LogP contribution in [0.3, 0.4) is 0 Å². The fraction of sp³-hybridized carbons (Fsp3) is 0.185. The molecule has 0 saturated carbocycles. The second-order valence-corrected chi connectivity index (χ2v) is 8.79. The van der Waals surface area contributed by atoms with E-state index in [4.69, 9.17) is 5.11 Å². The van der Waals surface area contributed by atoms with Gasteiger partial charge in [0.05, 0.1) is 5.56 Å². The predicted molar refractivity (Wildman–Crippen MR) is 128 cm³/mol. The molecular formula is C27H26N2O3. The number of fused-ring (bicyclic) bond motifs is 1.